The average Bonchev–Trinajstić information content (AvgIpc) is 3.22. The maximum Gasteiger partial charge on any atom is 0.248 e. The molecular weight excluding hydrogens is 434 g/mol. The number of carbonyl (C=O) groups is 1. The summed E-state index contributed by atoms with van der Waals surface area (Å²) in [6.45, 7) is 3.91. The van der Waals surface area contributed by atoms with Crippen molar-refractivity contribution < 1.29 is 28.2 Å². The Morgan fingerprint density at radius 2 is 1.59 bits per heavy atom. The second-order valence-electron chi connectivity index (χ2n) is 8.40. The molecule has 4 rings (SSSR count). The fraction of sp³-hybridized carbons (Fsp3) is 0.370. The molecule has 180 valence electrons. The first-order valence-electron chi connectivity index (χ1n) is 11.3. The highest BCUT2D eigenvalue weighted by molar-refractivity contribution is 6.05. The average molecular weight is 466 g/mol. The molecule has 0 atom stereocenters. The van der Waals surface area contributed by atoms with Gasteiger partial charge in [0, 0.05) is 52.4 Å². The lowest BCUT2D eigenvalue weighted by atomic mass is 9.93. The van der Waals surface area contributed by atoms with Gasteiger partial charge in [0.1, 0.15) is 17.1 Å². The third kappa shape index (κ3) is 4.18. The van der Waals surface area contributed by atoms with Crippen LogP contribution >= 0.6 is 0 Å². The maximum atomic E-state index is 12.9. The summed E-state index contributed by atoms with van der Waals surface area (Å²) >= 11 is 0. The minimum absolute atomic E-state index is 0.277. The van der Waals surface area contributed by atoms with E-state index in [-0.39, 0.29) is 5.91 Å². The highest BCUT2D eigenvalue weighted by Crippen LogP contribution is 2.42. The highest BCUT2D eigenvalue weighted by Gasteiger charge is 2.23. The van der Waals surface area contributed by atoms with E-state index in [2.05, 4.69) is 11.4 Å². The Bertz CT molecular complexity index is 1250. The molecule has 0 radical (unpaired) electrons. The molecule has 1 N–H and O–H groups in total. The van der Waals surface area contributed by atoms with Gasteiger partial charge in [-0.05, 0) is 44.7 Å². The third-order valence-electron chi connectivity index (χ3n) is 6.34. The van der Waals surface area contributed by atoms with E-state index >= 15 is 0 Å². The van der Waals surface area contributed by atoms with Crippen molar-refractivity contribution in [3.05, 3.63) is 46.7 Å². The first-order chi connectivity index (χ1) is 16.4. The summed E-state index contributed by atoms with van der Waals surface area (Å²) in [4.78, 5) is 12.9. The molecule has 0 unspecified atom stereocenters. The minimum Gasteiger partial charge on any atom is -0.496 e. The standard InChI is InChI=1S/C27H31NO6/c1-15(11-24(29)28-17-12-22(30-3)27(33-6)23(13-17)31-4)19-14-20-18-9-7-8-10-21(18)34-26(20)16(2)25(19)32-5/h11-14H,7-10H2,1-6H3,(H,28,29)/b15-11+. The van der Waals surface area contributed by atoms with E-state index in [1.165, 1.54) is 26.9 Å². The van der Waals surface area contributed by atoms with Gasteiger partial charge in [-0.25, -0.2) is 0 Å². The number of aryl methyl sites for hydroxylation is 3. The Labute approximate surface area is 199 Å². The second kappa shape index (κ2) is 9.71. The van der Waals surface area contributed by atoms with Gasteiger partial charge in [0.2, 0.25) is 11.7 Å². The van der Waals surface area contributed by atoms with Gasteiger partial charge in [0.05, 0.1) is 28.4 Å². The number of ether oxygens (including phenoxy) is 4. The van der Waals surface area contributed by atoms with Gasteiger partial charge in [-0.2, -0.15) is 0 Å². The SMILES string of the molecule is COc1cc(NC(=O)/C=C(\C)c2cc3c4c(oc3c(C)c2OC)CCCC4)cc(OC)c1OC. The lowest BCUT2D eigenvalue weighted by molar-refractivity contribution is -0.111. The predicted molar refractivity (Wildman–Crippen MR) is 133 cm³/mol. The van der Waals surface area contributed by atoms with Crippen LogP contribution in [0.15, 0.2) is 28.7 Å². The van der Waals surface area contributed by atoms with Gasteiger partial charge < -0.3 is 28.7 Å². The molecule has 7 nitrogen and oxygen atoms in total. The summed E-state index contributed by atoms with van der Waals surface area (Å²) in [6.07, 6.45) is 5.85. The Morgan fingerprint density at radius 3 is 2.21 bits per heavy atom. The number of rotatable bonds is 7. The van der Waals surface area contributed by atoms with E-state index in [9.17, 15) is 4.79 Å². The number of furan rings is 1. The van der Waals surface area contributed by atoms with Crippen molar-refractivity contribution in [2.45, 2.75) is 39.5 Å². The molecular formula is C27H31NO6. The van der Waals surface area contributed by atoms with Crippen LogP contribution in [0.1, 0.15) is 42.2 Å². The van der Waals surface area contributed by atoms with Gasteiger partial charge in [0.25, 0.3) is 0 Å². The quantitative estimate of drug-likeness (QED) is 0.451. The first-order valence-corrected chi connectivity index (χ1v) is 11.3. The summed E-state index contributed by atoms with van der Waals surface area (Å²) in [6, 6.07) is 5.47. The number of hydrogen-bond acceptors (Lipinski definition) is 6. The molecule has 0 aliphatic heterocycles. The molecule has 7 heteroatoms. The largest absolute Gasteiger partial charge is 0.496 e. The maximum absolute atomic E-state index is 12.9. The lowest BCUT2D eigenvalue weighted by Gasteiger charge is -2.15. The van der Waals surface area contributed by atoms with Gasteiger partial charge in [-0.15, -0.1) is 0 Å². The summed E-state index contributed by atoms with van der Waals surface area (Å²) in [5.41, 5.74) is 5.30. The van der Waals surface area contributed by atoms with Crippen molar-refractivity contribution in [3.8, 4) is 23.0 Å². The molecule has 0 saturated heterocycles. The van der Waals surface area contributed by atoms with E-state index in [1.807, 2.05) is 13.8 Å². The smallest absolute Gasteiger partial charge is 0.248 e. The summed E-state index contributed by atoms with van der Waals surface area (Å²) in [7, 11) is 6.25. The highest BCUT2D eigenvalue weighted by atomic mass is 16.5. The molecule has 0 bridgehead atoms. The van der Waals surface area contributed by atoms with E-state index in [0.717, 1.165) is 59.1 Å². The lowest BCUT2D eigenvalue weighted by Crippen LogP contribution is -2.09. The van der Waals surface area contributed by atoms with Crippen molar-refractivity contribution in [1.82, 2.24) is 0 Å². The monoisotopic (exact) mass is 465 g/mol. The van der Waals surface area contributed by atoms with E-state index in [4.69, 9.17) is 23.4 Å². The van der Waals surface area contributed by atoms with Crippen LogP contribution in [0, 0.1) is 6.92 Å². The van der Waals surface area contributed by atoms with Crippen LogP contribution in [-0.2, 0) is 17.6 Å². The zero-order valence-electron chi connectivity index (χ0n) is 20.6. The molecule has 3 aromatic rings. The number of anilines is 1. The molecule has 1 amide bonds. The van der Waals surface area contributed by atoms with Crippen LogP contribution in [0.4, 0.5) is 5.69 Å². The second-order valence-corrected chi connectivity index (χ2v) is 8.40. The molecule has 0 spiro atoms. The molecule has 34 heavy (non-hydrogen) atoms. The Hall–Kier alpha value is -3.61. The fourth-order valence-electron chi connectivity index (χ4n) is 4.70. The van der Waals surface area contributed by atoms with Gasteiger partial charge in [-0.1, -0.05) is 0 Å². The number of hydrogen-bond donors (Lipinski definition) is 1. The first kappa shape index (κ1) is 23.5. The summed E-state index contributed by atoms with van der Waals surface area (Å²) < 4.78 is 28.1. The topological polar surface area (TPSA) is 79.2 Å². The van der Waals surface area contributed by atoms with Gasteiger partial charge >= 0.3 is 0 Å². The molecule has 1 aromatic heterocycles. The number of carbonyl (C=O) groups excluding carboxylic acids is 1. The number of allylic oxidation sites excluding steroid dienone is 1. The summed E-state index contributed by atoms with van der Waals surface area (Å²) in [5, 5.41) is 4.00. The zero-order chi connectivity index (χ0) is 24.4. The Morgan fingerprint density at radius 1 is 0.941 bits per heavy atom. The van der Waals surface area contributed by atoms with Crippen molar-refractivity contribution in [1.29, 1.82) is 0 Å². The van der Waals surface area contributed by atoms with E-state index in [1.54, 1.807) is 25.3 Å². The summed E-state index contributed by atoms with van der Waals surface area (Å²) in [5.74, 6) is 2.90. The van der Waals surface area contributed by atoms with Crippen molar-refractivity contribution in [3.63, 3.8) is 0 Å². The number of amides is 1. The predicted octanol–water partition coefficient (Wildman–Crippen LogP) is 5.70. The fourth-order valence-corrected chi connectivity index (χ4v) is 4.70. The number of nitrogens with one attached hydrogen (secondary N) is 1. The zero-order valence-corrected chi connectivity index (χ0v) is 20.6. The molecule has 0 fully saturated rings. The minimum atomic E-state index is -0.277. The van der Waals surface area contributed by atoms with E-state index in [0.29, 0.717) is 28.7 Å². The van der Waals surface area contributed by atoms with Crippen LogP contribution in [0.3, 0.4) is 0 Å². The third-order valence-corrected chi connectivity index (χ3v) is 6.34. The number of benzene rings is 2. The van der Waals surface area contributed by atoms with Crippen LogP contribution < -0.4 is 24.3 Å². The van der Waals surface area contributed by atoms with Gasteiger partial charge in [-0.3, -0.25) is 4.79 Å². The Balaban J connectivity index is 1.69. The molecule has 0 saturated carbocycles. The van der Waals surface area contributed by atoms with Crippen LogP contribution in [0.5, 0.6) is 23.0 Å². The van der Waals surface area contributed by atoms with Crippen LogP contribution in [-0.4, -0.2) is 34.3 Å². The van der Waals surface area contributed by atoms with Crippen LogP contribution in [0.2, 0.25) is 0 Å². The Kier molecular flexibility index (Phi) is 6.72. The van der Waals surface area contributed by atoms with Crippen molar-refractivity contribution in [2.75, 3.05) is 33.8 Å². The normalized spacial score (nSPS) is 13.4. The number of fused-ring (bicyclic) bond motifs is 3. The van der Waals surface area contributed by atoms with E-state index < -0.39 is 0 Å². The molecule has 2 aromatic carbocycles. The van der Waals surface area contributed by atoms with Crippen molar-refractivity contribution >= 4 is 28.1 Å². The molecule has 1 aliphatic rings. The number of methoxy groups -OCH3 is 4. The molecule has 1 aliphatic carbocycles. The van der Waals surface area contributed by atoms with Crippen molar-refractivity contribution in [2.24, 2.45) is 0 Å². The van der Waals surface area contributed by atoms with Crippen LogP contribution in [0.25, 0.3) is 16.5 Å². The van der Waals surface area contributed by atoms with Gasteiger partial charge in [0.15, 0.2) is 11.5 Å². The molecule has 1 heterocycles.